The highest BCUT2D eigenvalue weighted by Crippen LogP contribution is 2.34. The first kappa shape index (κ1) is 14.5. The summed E-state index contributed by atoms with van der Waals surface area (Å²) in [4.78, 5) is 0. The van der Waals surface area contributed by atoms with Crippen LogP contribution in [0.4, 0.5) is 5.69 Å². The van der Waals surface area contributed by atoms with Crippen LogP contribution in [0.2, 0.25) is 5.02 Å². The van der Waals surface area contributed by atoms with Gasteiger partial charge in [0, 0.05) is 20.2 Å². The van der Waals surface area contributed by atoms with Crippen molar-refractivity contribution >= 4 is 49.1 Å². The standard InChI is InChI=1S/C13H8Br2ClN5/c14-9-2-1-3-10(15)12(9)21-13(18-19-20-21)8-6-7(17)4-5-11(8)16/h1-6H,17H2. The second-order valence-corrected chi connectivity index (χ2v) is 6.34. The van der Waals surface area contributed by atoms with E-state index in [2.05, 4.69) is 47.4 Å². The monoisotopic (exact) mass is 427 g/mol. The molecule has 1 aromatic heterocycles. The molecule has 3 aromatic rings. The van der Waals surface area contributed by atoms with Gasteiger partial charge in [0.05, 0.1) is 10.7 Å². The molecule has 0 aliphatic heterocycles. The number of aromatic nitrogens is 4. The van der Waals surface area contributed by atoms with Gasteiger partial charge in [0.25, 0.3) is 0 Å². The first-order valence-corrected chi connectivity index (χ1v) is 7.82. The van der Waals surface area contributed by atoms with Crippen molar-refractivity contribution in [1.82, 2.24) is 20.2 Å². The molecule has 0 fully saturated rings. The first-order valence-electron chi connectivity index (χ1n) is 5.86. The largest absolute Gasteiger partial charge is 0.399 e. The van der Waals surface area contributed by atoms with Crippen molar-refractivity contribution in [1.29, 1.82) is 0 Å². The molecule has 2 N–H and O–H groups in total. The molecule has 5 nitrogen and oxygen atoms in total. The molecule has 0 atom stereocenters. The van der Waals surface area contributed by atoms with Crippen molar-refractivity contribution in [2.45, 2.75) is 0 Å². The molecule has 0 unspecified atom stereocenters. The molecule has 21 heavy (non-hydrogen) atoms. The maximum absolute atomic E-state index is 6.24. The smallest absolute Gasteiger partial charge is 0.188 e. The molecule has 0 amide bonds. The zero-order valence-electron chi connectivity index (χ0n) is 10.5. The van der Waals surface area contributed by atoms with E-state index in [1.54, 1.807) is 22.9 Å². The summed E-state index contributed by atoms with van der Waals surface area (Å²) in [5.41, 5.74) is 7.88. The number of anilines is 1. The van der Waals surface area contributed by atoms with E-state index in [0.717, 1.165) is 14.6 Å². The number of halogens is 3. The van der Waals surface area contributed by atoms with E-state index in [1.807, 2.05) is 18.2 Å². The third kappa shape index (κ3) is 2.68. The number of nitrogen functional groups attached to an aromatic ring is 1. The van der Waals surface area contributed by atoms with Gasteiger partial charge in [-0.05, 0) is 72.6 Å². The molecule has 0 aliphatic carbocycles. The Balaban J connectivity index is 2.25. The molecule has 0 spiro atoms. The third-order valence-corrected chi connectivity index (χ3v) is 4.46. The number of hydrogen-bond donors (Lipinski definition) is 1. The average Bonchev–Trinajstić information content (AvgIpc) is 2.90. The van der Waals surface area contributed by atoms with Crippen molar-refractivity contribution in [3.63, 3.8) is 0 Å². The van der Waals surface area contributed by atoms with E-state index >= 15 is 0 Å². The van der Waals surface area contributed by atoms with Gasteiger partial charge in [0.15, 0.2) is 5.82 Å². The predicted molar refractivity (Wildman–Crippen MR) is 89.4 cm³/mol. The number of para-hydroxylation sites is 1. The highest BCUT2D eigenvalue weighted by Gasteiger charge is 2.17. The molecule has 1 heterocycles. The van der Waals surface area contributed by atoms with Crippen molar-refractivity contribution < 1.29 is 0 Å². The maximum atomic E-state index is 6.24. The molecule has 0 aliphatic rings. The third-order valence-electron chi connectivity index (χ3n) is 2.85. The van der Waals surface area contributed by atoms with Crippen LogP contribution in [0.5, 0.6) is 0 Å². The zero-order chi connectivity index (χ0) is 15.0. The van der Waals surface area contributed by atoms with E-state index in [1.165, 1.54) is 0 Å². The number of benzene rings is 2. The summed E-state index contributed by atoms with van der Waals surface area (Å²) in [5.74, 6) is 0.514. The summed E-state index contributed by atoms with van der Waals surface area (Å²) in [7, 11) is 0. The lowest BCUT2D eigenvalue weighted by molar-refractivity contribution is 0.786. The Morgan fingerprint density at radius 2 is 1.81 bits per heavy atom. The van der Waals surface area contributed by atoms with Crippen LogP contribution in [0.1, 0.15) is 0 Å². The molecule has 0 radical (unpaired) electrons. The molecule has 2 aromatic carbocycles. The molecule has 8 heteroatoms. The predicted octanol–water partition coefficient (Wildman–Crippen LogP) is 4.09. The van der Waals surface area contributed by atoms with E-state index in [9.17, 15) is 0 Å². The van der Waals surface area contributed by atoms with Gasteiger partial charge >= 0.3 is 0 Å². The van der Waals surface area contributed by atoms with Gasteiger partial charge in [-0.3, -0.25) is 0 Å². The normalized spacial score (nSPS) is 10.8. The van der Waals surface area contributed by atoms with Crippen LogP contribution in [0.3, 0.4) is 0 Å². The van der Waals surface area contributed by atoms with E-state index in [4.69, 9.17) is 17.3 Å². The lowest BCUT2D eigenvalue weighted by Gasteiger charge is -2.10. The lowest BCUT2D eigenvalue weighted by atomic mass is 10.2. The molecule has 106 valence electrons. The van der Waals surface area contributed by atoms with Crippen LogP contribution in [0, 0.1) is 0 Å². The Bertz CT molecular complexity index is 798. The van der Waals surface area contributed by atoms with E-state index < -0.39 is 0 Å². The second-order valence-electron chi connectivity index (χ2n) is 4.22. The van der Waals surface area contributed by atoms with Crippen LogP contribution in [0.15, 0.2) is 45.3 Å². The highest BCUT2D eigenvalue weighted by molar-refractivity contribution is 9.11. The fourth-order valence-corrected chi connectivity index (χ4v) is 3.45. The maximum Gasteiger partial charge on any atom is 0.188 e. The van der Waals surface area contributed by atoms with Crippen molar-refractivity contribution in [2.75, 3.05) is 5.73 Å². The van der Waals surface area contributed by atoms with E-state index in [-0.39, 0.29) is 0 Å². The minimum absolute atomic E-state index is 0.514. The Morgan fingerprint density at radius 1 is 1.10 bits per heavy atom. The molecule has 0 bridgehead atoms. The van der Waals surface area contributed by atoms with Gasteiger partial charge in [-0.25, -0.2) is 0 Å². The molecule has 3 rings (SSSR count). The Morgan fingerprint density at radius 3 is 2.52 bits per heavy atom. The van der Waals surface area contributed by atoms with Gasteiger partial charge < -0.3 is 5.73 Å². The van der Waals surface area contributed by atoms with Gasteiger partial charge in [0.2, 0.25) is 0 Å². The minimum Gasteiger partial charge on any atom is -0.399 e. The Kier molecular flexibility index (Phi) is 3.97. The van der Waals surface area contributed by atoms with Crippen molar-refractivity contribution in [3.05, 3.63) is 50.4 Å². The molecular weight excluding hydrogens is 421 g/mol. The fourth-order valence-electron chi connectivity index (χ4n) is 1.91. The Labute approximate surface area is 142 Å². The fraction of sp³-hybridized carbons (Fsp3) is 0. The van der Waals surface area contributed by atoms with Gasteiger partial charge in [-0.2, -0.15) is 4.68 Å². The van der Waals surface area contributed by atoms with E-state index in [0.29, 0.717) is 22.1 Å². The summed E-state index contributed by atoms with van der Waals surface area (Å²) < 4.78 is 3.31. The summed E-state index contributed by atoms with van der Waals surface area (Å²) in [6.07, 6.45) is 0. The molecule has 0 saturated carbocycles. The van der Waals surface area contributed by atoms with Crippen LogP contribution in [0.25, 0.3) is 17.1 Å². The van der Waals surface area contributed by atoms with Gasteiger partial charge in [0.1, 0.15) is 0 Å². The molecular formula is C13H8Br2ClN5. The summed E-state index contributed by atoms with van der Waals surface area (Å²) >= 11 is 13.2. The number of hydrogen-bond acceptors (Lipinski definition) is 4. The van der Waals surface area contributed by atoms with Crippen LogP contribution < -0.4 is 5.73 Å². The number of nitrogens with zero attached hydrogens (tertiary/aromatic N) is 4. The van der Waals surface area contributed by atoms with Crippen LogP contribution in [-0.2, 0) is 0 Å². The average molecular weight is 430 g/mol. The topological polar surface area (TPSA) is 69.6 Å². The summed E-state index contributed by atoms with van der Waals surface area (Å²) in [6, 6.07) is 10.9. The number of rotatable bonds is 2. The number of nitrogens with two attached hydrogens (primary N) is 1. The molecule has 0 saturated heterocycles. The lowest BCUT2D eigenvalue weighted by Crippen LogP contribution is -2.02. The highest BCUT2D eigenvalue weighted by atomic mass is 79.9. The Hall–Kier alpha value is -1.44. The summed E-state index contributed by atoms with van der Waals surface area (Å²) in [6.45, 7) is 0. The van der Waals surface area contributed by atoms with Crippen LogP contribution >= 0.6 is 43.5 Å². The zero-order valence-corrected chi connectivity index (χ0v) is 14.4. The quantitative estimate of drug-likeness (QED) is 0.623. The van der Waals surface area contributed by atoms with Crippen molar-refractivity contribution in [2.24, 2.45) is 0 Å². The van der Waals surface area contributed by atoms with Crippen LogP contribution in [-0.4, -0.2) is 20.2 Å². The van der Waals surface area contributed by atoms with Gasteiger partial charge in [-0.1, -0.05) is 17.7 Å². The summed E-state index contributed by atoms with van der Waals surface area (Å²) in [5, 5.41) is 12.4. The van der Waals surface area contributed by atoms with Gasteiger partial charge in [-0.15, -0.1) is 5.10 Å². The first-order chi connectivity index (χ1) is 10.1. The second kappa shape index (κ2) is 5.75. The number of tetrazole rings is 1. The SMILES string of the molecule is Nc1ccc(Cl)c(-c2nnnn2-c2c(Br)cccc2Br)c1. The minimum atomic E-state index is 0.514. The van der Waals surface area contributed by atoms with Crippen molar-refractivity contribution in [3.8, 4) is 17.1 Å².